The second-order valence-electron chi connectivity index (χ2n) is 4.90. The van der Waals surface area contributed by atoms with Crippen LogP contribution in [-0.2, 0) is 14.8 Å². The predicted octanol–water partition coefficient (Wildman–Crippen LogP) is 2.85. The summed E-state index contributed by atoms with van der Waals surface area (Å²) in [5.74, 6) is 0. The van der Waals surface area contributed by atoms with Crippen molar-refractivity contribution >= 4 is 37.3 Å². The Kier molecular flexibility index (Phi) is 6.75. The fourth-order valence-electron chi connectivity index (χ4n) is 1.95. The lowest BCUT2D eigenvalue weighted by Gasteiger charge is -2.18. The van der Waals surface area contributed by atoms with E-state index in [2.05, 4.69) is 20.7 Å². The van der Waals surface area contributed by atoms with Gasteiger partial charge in [0, 0.05) is 6.54 Å². The van der Waals surface area contributed by atoms with Crippen LogP contribution < -0.4 is 4.72 Å². The third-order valence-electron chi connectivity index (χ3n) is 3.13. The number of thiophene rings is 1. The van der Waals surface area contributed by atoms with E-state index in [0.29, 0.717) is 0 Å². The Labute approximate surface area is 148 Å². The van der Waals surface area contributed by atoms with E-state index in [1.807, 2.05) is 31.2 Å². The highest BCUT2D eigenvalue weighted by molar-refractivity contribution is 9.11. The van der Waals surface area contributed by atoms with E-state index in [4.69, 9.17) is 9.84 Å². The lowest BCUT2D eigenvalue weighted by molar-refractivity contribution is 0.0309. The molecule has 0 aliphatic carbocycles. The first-order valence-electron chi connectivity index (χ1n) is 6.96. The van der Waals surface area contributed by atoms with Gasteiger partial charge in [0.05, 0.1) is 23.1 Å². The number of nitrogens with one attached hydrogen (secondary N) is 1. The third kappa shape index (κ3) is 5.37. The zero-order valence-electron chi connectivity index (χ0n) is 12.5. The number of rotatable bonds is 8. The number of halogens is 1. The normalized spacial score (nSPS) is 13.2. The van der Waals surface area contributed by atoms with Crippen molar-refractivity contribution in [2.75, 3.05) is 19.8 Å². The fraction of sp³-hybridized carbons (Fsp3) is 0.333. The van der Waals surface area contributed by atoms with Crippen LogP contribution in [0.1, 0.15) is 17.2 Å². The van der Waals surface area contributed by atoms with Crippen LogP contribution in [0.3, 0.4) is 0 Å². The second-order valence-corrected chi connectivity index (χ2v) is 9.36. The van der Waals surface area contributed by atoms with E-state index in [1.54, 1.807) is 12.1 Å². The molecule has 0 unspecified atom stereocenters. The number of ether oxygens (including phenoxy) is 1. The summed E-state index contributed by atoms with van der Waals surface area (Å²) >= 11 is 4.40. The van der Waals surface area contributed by atoms with E-state index in [0.717, 1.165) is 26.3 Å². The molecule has 126 valence electrons. The van der Waals surface area contributed by atoms with Gasteiger partial charge in [0.1, 0.15) is 4.21 Å². The fourth-order valence-corrected chi connectivity index (χ4v) is 5.03. The molecular formula is C15H18BrNO4S2. The maximum Gasteiger partial charge on any atom is 0.250 e. The molecule has 0 spiro atoms. The van der Waals surface area contributed by atoms with Crippen molar-refractivity contribution in [2.24, 2.45) is 0 Å². The number of hydrogen-bond donors (Lipinski definition) is 2. The largest absolute Gasteiger partial charge is 0.394 e. The zero-order valence-corrected chi connectivity index (χ0v) is 15.7. The molecule has 1 aromatic carbocycles. The minimum atomic E-state index is -3.58. The molecule has 0 saturated carbocycles. The van der Waals surface area contributed by atoms with Gasteiger partial charge in [0.25, 0.3) is 0 Å². The SMILES string of the molecule is Cc1ccc([C@@H](CNS(=O)(=O)c2ccc(Br)s2)OCCO)cc1. The maximum atomic E-state index is 12.3. The van der Waals surface area contributed by atoms with Crippen LogP contribution in [0, 0.1) is 6.92 Å². The topological polar surface area (TPSA) is 75.6 Å². The summed E-state index contributed by atoms with van der Waals surface area (Å²) in [6, 6.07) is 10.9. The van der Waals surface area contributed by atoms with Crippen molar-refractivity contribution in [3.63, 3.8) is 0 Å². The first-order chi connectivity index (χ1) is 10.9. The summed E-state index contributed by atoms with van der Waals surface area (Å²) in [6.07, 6.45) is -0.457. The number of aryl methyl sites for hydroxylation is 1. The zero-order chi connectivity index (χ0) is 16.9. The van der Waals surface area contributed by atoms with Crippen LogP contribution in [0.5, 0.6) is 0 Å². The van der Waals surface area contributed by atoms with E-state index in [-0.39, 0.29) is 24.0 Å². The van der Waals surface area contributed by atoms with Crippen LogP contribution in [0.25, 0.3) is 0 Å². The number of hydrogen-bond acceptors (Lipinski definition) is 5. The van der Waals surface area contributed by atoms with Crippen LogP contribution in [0.15, 0.2) is 44.4 Å². The second kappa shape index (κ2) is 8.36. The van der Waals surface area contributed by atoms with Gasteiger partial charge in [-0.2, -0.15) is 0 Å². The average Bonchev–Trinajstić information content (AvgIpc) is 2.96. The standard InChI is InChI=1S/C15H18BrNO4S2/c1-11-2-4-12(5-3-11)13(21-9-8-18)10-17-23(19,20)15-7-6-14(16)22-15/h2-7,13,17-18H,8-10H2,1H3/t13-/m1/s1. The monoisotopic (exact) mass is 419 g/mol. The number of sulfonamides is 1. The van der Waals surface area contributed by atoms with Crippen LogP contribution in [0.2, 0.25) is 0 Å². The Balaban J connectivity index is 2.10. The molecule has 0 fully saturated rings. The maximum absolute atomic E-state index is 12.3. The molecule has 23 heavy (non-hydrogen) atoms. The first kappa shape index (κ1) is 18.6. The molecular weight excluding hydrogens is 402 g/mol. The Morgan fingerprint density at radius 2 is 1.96 bits per heavy atom. The lowest BCUT2D eigenvalue weighted by atomic mass is 10.1. The van der Waals surface area contributed by atoms with Crippen molar-refractivity contribution in [1.29, 1.82) is 0 Å². The van der Waals surface area contributed by atoms with Crippen molar-refractivity contribution in [1.82, 2.24) is 4.72 Å². The first-order valence-corrected chi connectivity index (χ1v) is 10.1. The molecule has 2 N–H and O–H groups in total. The van der Waals surface area contributed by atoms with E-state index in [9.17, 15) is 8.42 Å². The highest BCUT2D eigenvalue weighted by Crippen LogP contribution is 2.26. The van der Waals surface area contributed by atoms with Crippen molar-refractivity contribution in [3.8, 4) is 0 Å². The summed E-state index contributed by atoms with van der Waals surface area (Å²) in [4.78, 5) is 0. The van der Waals surface area contributed by atoms with Gasteiger partial charge in [-0.3, -0.25) is 0 Å². The quantitative estimate of drug-likeness (QED) is 0.689. The van der Waals surface area contributed by atoms with Gasteiger partial charge in [-0.25, -0.2) is 13.1 Å². The van der Waals surface area contributed by atoms with Crippen LogP contribution in [0.4, 0.5) is 0 Å². The predicted molar refractivity (Wildman–Crippen MR) is 94.2 cm³/mol. The number of benzene rings is 1. The van der Waals surface area contributed by atoms with Gasteiger partial charge >= 0.3 is 0 Å². The van der Waals surface area contributed by atoms with Crippen LogP contribution >= 0.6 is 27.3 Å². The molecule has 0 aliphatic heterocycles. The third-order valence-corrected chi connectivity index (χ3v) is 6.67. The highest BCUT2D eigenvalue weighted by atomic mass is 79.9. The van der Waals surface area contributed by atoms with E-state index in [1.165, 1.54) is 0 Å². The highest BCUT2D eigenvalue weighted by Gasteiger charge is 2.20. The Morgan fingerprint density at radius 3 is 2.52 bits per heavy atom. The molecule has 8 heteroatoms. The van der Waals surface area contributed by atoms with Crippen molar-refractivity contribution in [2.45, 2.75) is 17.2 Å². The number of aliphatic hydroxyl groups excluding tert-OH is 1. The molecule has 1 heterocycles. The van der Waals surface area contributed by atoms with Gasteiger partial charge in [-0.05, 0) is 40.5 Å². The molecule has 5 nitrogen and oxygen atoms in total. The summed E-state index contributed by atoms with van der Waals surface area (Å²) in [5.41, 5.74) is 1.97. The smallest absolute Gasteiger partial charge is 0.250 e. The molecule has 0 bridgehead atoms. The van der Waals surface area contributed by atoms with Gasteiger partial charge in [0.2, 0.25) is 10.0 Å². The minimum Gasteiger partial charge on any atom is -0.394 e. The summed E-state index contributed by atoms with van der Waals surface area (Å²) in [5, 5.41) is 8.95. The Morgan fingerprint density at radius 1 is 1.26 bits per heavy atom. The summed E-state index contributed by atoms with van der Waals surface area (Å²) in [7, 11) is -3.58. The molecule has 0 saturated heterocycles. The lowest BCUT2D eigenvalue weighted by Crippen LogP contribution is -2.29. The number of aliphatic hydroxyl groups is 1. The van der Waals surface area contributed by atoms with E-state index >= 15 is 0 Å². The average molecular weight is 420 g/mol. The molecule has 0 radical (unpaired) electrons. The van der Waals surface area contributed by atoms with Crippen molar-refractivity contribution in [3.05, 3.63) is 51.3 Å². The summed E-state index contributed by atoms with van der Waals surface area (Å²) < 4.78 is 33.7. The van der Waals surface area contributed by atoms with Crippen LogP contribution in [-0.4, -0.2) is 33.3 Å². The van der Waals surface area contributed by atoms with E-state index < -0.39 is 16.1 Å². The molecule has 2 aromatic rings. The van der Waals surface area contributed by atoms with Crippen molar-refractivity contribution < 1.29 is 18.3 Å². The summed E-state index contributed by atoms with van der Waals surface area (Å²) in [6.45, 7) is 2.10. The Bertz CT molecular complexity index is 728. The minimum absolute atomic E-state index is 0.0981. The Hall–Kier alpha value is -0.770. The molecule has 1 atom stereocenters. The van der Waals surface area contributed by atoms with Gasteiger partial charge < -0.3 is 9.84 Å². The molecule has 1 aromatic heterocycles. The van der Waals surface area contributed by atoms with Gasteiger partial charge in [0.15, 0.2) is 0 Å². The molecule has 0 amide bonds. The van der Waals surface area contributed by atoms with Gasteiger partial charge in [-0.1, -0.05) is 29.8 Å². The molecule has 2 rings (SSSR count). The van der Waals surface area contributed by atoms with Gasteiger partial charge in [-0.15, -0.1) is 11.3 Å². The molecule has 0 aliphatic rings.